The Morgan fingerprint density at radius 3 is 2.33 bits per heavy atom. The molecule has 1 heterocycles. The van der Waals surface area contributed by atoms with Gasteiger partial charge in [-0.25, -0.2) is 4.79 Å². The number of likely N-dealkylation sites (tertiary alicyclic amines) is 1. The molecule has 0 saturated carbocycles. The van der Waals surface area contributed by atoms with Crippen LogP contribution in [0.5, 0.6) is 0 Å². The van der Waals surface area contributed by atoms with Crippen LogP contribution in [-0.4, -0.2) is 41.9 Å². The minimum Gasteiger partial charge on any atom is -0.448 e. The fraction of sp³-hybridized carbons (Fsp3) is 0.350. The summed E-state index contributed by atoms with van der Waals surface area (Å²) in [6.45, 7) is 1.36. The first-order valence-corrected chi connectivity index (χ1v) is 8.52. The van der Waals surface area contributed by atoms with Crippen LogP contribution in [0.3, 0.4) is 0 Å². The maximum atomic E-state index is 12.3. The maximum Gasteiger partial charge on any atom is 0.409 e. The van der Waals surface area contributed by atoms with Crippen molar-refractivity contribution in [2.45, 2.75) is 24.9 Å². The molecule has 2 aromatic rings. The molecule has 4 rings (SSSR count). The number of rotatable bonds is 2. The minimum absolute atomic E-state index is 0.0797. The molecule has 1 N–H and O–H groups in total. The summed E-state index contributed by atoms with van der Waals surface area (Å²) in [6, 6.07) is 16.6. The molecule has 1 saturated heterocycles. The Morgan fingerprint density at radius 2 is 1.71 bits per heavy atom. The van der Waals surface area contributed by atoms with Crippen molar-refractivity contribution in [3.8, 4) is 11.1 Å². The number of ether oxygens (including phenoxy) is 1. The Balaban J connectivity index is 1.51. The van der Waals surface area contributed by atoms with Crippen LogP contribution in [-0.2, 0) is 4.74 Å². The zero-order chi connectivity index (χ0) is 16.5. The van der Waals surface area contributed by atoms with Crippen LogP contribution in [0.1, 0.15) is 29.9 Å². The maximum absolute atomic E-state index is 12.3. The molecule has 4 heteroatoms. The number of aliphatic hydroxyl groups excluding tert-OH is 1. The van der Waals surface area contributed by atoms with E-state index in [9.17, 15) is 9.90 Å². The van der Waals surface area contributed by atoms with Crippen molar-refractivity contribution in [1.82, 2.24) is 4.90 Å². The van der Waals surface area contributed by atoms with Gasteiger partial charge < -0.3 is 14.7 Å². The van der Waals surface area contributed by atoms with Crippen LogP contribution >= 0.6 is 0 Å². The Morgan fingerprint density at radius 1 is 1.08 bits per heavy atom. The predicted molar refractivity (Wildman–Crippen MR) is 91.9 cm³/mol. The third-order valence-corrected chi connectivity index (χ3v) is 4.99. The van der Waals surface area contributed by atoms with Crippen LogP contribution in [0, 0.1) is 0 Å². The summed E-state index contributed by atoms with van der Waals surface area (Å²) in [5.41, 5.74) is 4.88. The summed E-state index contributed by atoms with van der Waals surface area (Å²) >= 11 is 0. The van der Waals surface area contributed by atoms with Crippen LogP contribution in [0.25, 0.3) is 11.1 Å². The van der Waals surface area contributed by atoms with E-state index in [1.54, 1.807) is 4.90 Å². The van der Waals surface area contributed by atoms with E-state index < -0.39 is 6.10 Å². The average molecular weight is 323 g/mol. The van der Waals surface area contributed by atoms with Crippen LogP contribution in [0.4, 0.5) is 4.79 Å². The van der Waals surface area contributed by atoms with Gasteiger partial charge in [0, 0.05) is 19.0 Å². The Kier molecular flexibility index (Phi) is 3.98. The molecular weight excluding hydrogens is 302 g/mol. The largest absolute Gasteiger partial charge is 0.448 e. The number of benzene rings is 2. The lowest BCUT2D eigenvalue weighted by Gasteiger charge is -2.29. The molecule has 0 spiro atoms. The molecule has 2 aromatic carbocycles. The molecule has 1 aliphatic carbocycles. The Hall–Kier alpha value is -2.33. The molecule has 1 amide bonds. The number of carbonyl (C=O) groups excluding carboxylic acids is 1. The molecule has 0 bridgehead atoms. The average Bonchev–Trinajstić information content (AvgIpc) is 2.94. The van der Waals surface area contributed by atoms with Crippen molar-refractivity contribution in [3.63, 3.8) is 0 Å². The number of amides is 1. The van der Waals surface area contributed by atoms with Crippen molar-refractivity contribution in [2.75, 3.05) is 19.7 Å². The van der Waals surface area contributed by atoms with Gasteiger partial charge in [-0.2, -0.15) is 0 Å². The van der Waals surface area contributed by atoms with E-state index in [0.717, 1.165) is 12.8 Å². The highest BCUT2D eigenvalue weighted by Gasteiger charge is 2.30. The Labute approximate surface area is 141 Å². The number of β-amino-alcohol motifs (C(OH)–C–C–N with tert-alkyl or cyclic N) is 1. The standard InChI is InChI=1S/C20H21NO3/c22-14-6-5-11-21(12-14)20(23)24-13-19-17-9-3-1-7-15(17)16-8-2-4-10-18(16)19/h1-4,7-10,14,19,22H,5-6,11-13H2/t14-/m1/s1. The topological polar surface area (TPSA) is 49.8 Å². The van der Waals surface area contributed by atoms with Gasteiger partial charge in [0.1, 0.15) is 6.61 Å². The second kappa shape index (κ2) is 6.29. The van der Waals surface area contributed by atoms with Gasteiger partial charge in [-0.15, -0.1) is 0 Å². The van der Waals surface area contributed by atoms with Gasteiger partial charge in [-0.1, -0.05) is 48.5 Å². The van der Waals surface area contributed by atoms with E-state index in [-0.39, 0.29) is 12.0 Å². The van der Waals surface area contributed by atoms with Gasteiger partial charge in [0.25, 0.3) is 0 Å². The number of fused-ring (bicyclic) bond motifs is 3. The lowest BCUT2D eigenvalue weighted by atomic mass is 9.98. The third-order valence-electron chi connectivity index (χ3n) is 4.99. The molecule has 1 atom stereocenters. The van der Waals surface area contributed by atoms with Gasteiger partial charge >= 0.3 is 6.09 Å². The first-order chi connectivity index (χ1) is 11.7. The van der Waals surface area contributed by atoms with Crippen LogP contribution in [0.15, 0.2) is 48.5 Å². The number of hydrogen-bond acceptors (Lipinski definition) is 3. The summed E-state index contributed by atoms with van der Waals surface area (Å²) in [6.07, 6.45) is 0.827. The van der Waals surface area contributed by atoms with Gasteiger partial charge in [-0.05, 0) is 35.1 Å². The number of carbonyl (C=O) groups is 1. The van der Waals surface area contributed by atoms with E-state index in [2.05, 4.69) is 24.3 Å². The highest BCUT2D eigenvalue weighted by atomic mass is 16.6. The number of hydrogen-bond donors (Lipinski definition) is 1. The highest BCUT2D eigenvalue weighted by Crippen LogP contribution is 2.44. The van der Waals surface area contributed by atoms with Crippen molar-refractivity contribution in [3.05, 3.63) is 59.7 Å². The van der Waals surface area contributed by atoms with Crippen molar-refractivity contribution in [1.29, 1.82) is 0 Å². The lowest BCUT2D eigenvalue weighted by Crippen LogP contribution is -2.42. The van der Waals surface area contributed by atoms with Crippen molar-refractivity contribution < 1.29 is 14.6 Å². The zero-order valence-corrected chi connectivity index (χ0v) is 13.5. The first-order valence-electron chi connectivity index (χ1n) is 8.52. The smallest absolute Gasteiger partial charge is 0.409 e. The van der Waals surface area contributed by atoms with Gasteiger partial charge in [0.2, 0.25) is 0 Å². The third kappa shape index (κ3) is 2.67. The first kappa shape index (κ1) is 15.2. The second-order valence-electron chi connectivity index (χ2n) is 6.55. The SMILES string of the molecule is O=C(OCC1c2ccccc2-c2ccccc21)N1CCC[C@@H](O)C1. The van der Waals surface area contributed by atoms with E-state index in [4.69, 9.17) is 4.74 Å². The van der Waals surface area contributed by atoms with Gasteiger partial charge in [0.15, 0.2) is 0 Å². The number of nitrogens with zero attached hydrogens (tertiary/aromatic N) is 1. The quantitative estimate of drug-likeness (QED) is 0.921. The van der Waals surface area contributed by atoms with E-state index >= 15 is 0 Å². The summed E-state index contributed by atoms with van der Waals surface area (Å²) in [5, 5.41) is 9.72. The van der Waals surface area contributed by atoms with E-state index in [0.29, 0.717) is 19.7 Å². The molecular formula is C20H21NO3. The number of piperidine rings is 1. The molecule has 1 aliphatic heterocycles. The lowest BCUT2D eigenvalue weighted by molar-refractivity contribution is 0.0481. The Bertz CT molecular complexity index is 713. The summed E-state index contributed by atoms with van der Waals surface area (Å²) in [4.78, 5) is 13.9. The summed E-state index contributed by atoms with van der Waals surface area (Å²) in [7, 11) is 0. The summed E-state index contributed by atoms with van der Waals surface area (Å²) < 4.78 is 5.60. The van der Waals surface area contributed by atoms with Crippen molar-refractivity contribution >= 4 is 6.09 Å². The number of aliphatic hydroxyl groups is 1. The highest BCUT2D eigenvalue weighted by molar-refractivity contribution is 5.79. The molecule has 1 fully saturated rings. The molecule has 24 heavy (non-hydrogen) atoms. The minimum atomic E-state index is -0.431. The molecule has 2 aliphatic rings. The zero-order valence-electron chi connectivity index (χ0n) is 13.5. The fourth-order valence-electron chi connectivity index (χ4n) is 3.81. The second-order valence-corrected chi connectivity index (χ2v) is 6.55. The van der Waals surface area contributed by atoms with Gasteiger partial charge in [-0.3, -0.25) is 0 Å². The monoisotopic (exact) mass is 323 g/mol. The molecule has 0 unspecified atom stereocenters. The molecule has 0 aromatic heterocycles. The predicted octanol–water partition coefficient (Wildman–Crippen LogP) is 3.39. The molecule has 0 radical (unpaired) electrons. The van der Waals surface area contributed by atoms with Crippen LogP contribution < -0.4 is 0 Å². The molecule has 124 valence electrons. The van der Waals surface area contributed by atoms with Crippen LogP contribution in [0.2, 0.25) is 0 Å². The van der Waals surface area contributed by atoms with Crippen molar-refractivity contribution in [2.24, 2.45) is 0 Å². The summed E-state index contributed by atoms with van der Waals surface area (Å²) in [5.74, 6) is 0.0797. The fourth-order valence-corrected chi connectivity index (χ4v) is 3.81. The molecule has 4 nitrogen and oxygen atoms in total. The van der Waals surface area contributed by atoms with Gasteiger partial charge in [0.05, 0.1) is 6.10 Å². The van der Waals surface area contributed by atoms with E-state index in [1.165, 1.54) is 22.3 Å². The van der Waals surface area contributed by atoms with E-state index in [1.807, 2.05) is 24.3 Å². The normalized spacial score (nSPS) is 19.7.